The zero-order valence-electron chi connectivity index (χ0n) is 11.2. The summed E-state index contributed by atoms with van der Waals surface area (Å²) in [7, 11) is 0. The number of nitrogens with zero attached hydrogens (tertiary/aromatic N) is 1. The molecule has 1 saturated carbocycles. The van der Waals surface area contributed by atoms with Crippen molar-refractivity contribution in [2.45, 2.75) is 38.8 Å². The summed E-state index contributed by atoms with van der Waals surface area (Å²) in [6.07, 6.45) is 6.03. The molecule has 1 atom stereocenters. The molecule has 0 bridgehead atoms. The number of hydrogen-bond acceptors (Lipinski definition) is 2. The second-order valence-electron chi connectivity index (χ2n) is 5.57. The molecule has 1 N–H and O–H groups in total. The van der Waals surface area contributed by atoms with Crippen LogP contribution in [-0.4, -0.2) is 11.0 Å². The fourth-order valence-electron chi connectivity index (χ4n) is 2.56. The van der Waals surface area contributed by atoms with Crippen molar-refractivity contribution in [3.8, 4) is 0 Å². The number of hydrogen-bond donors (Lipinski definition) is 1. The third kappa shape index (κ3) is 3.15. The Labute approximate surface area is 122 Å². The van der Waals surface area contributed by atoms with E-state index < -0.39 is 0 Å². The van der Waals surface area contributed by atoms with Gasteiger partial charge >= 0.3 is 0 Å². The molecule has 1 unspecified atom stereocenters. The second kappa shape index (κ2) is 5.59. The normalized spacial score (nSPS) is 16.7. The van der Waals surface area contributed by atoms with Crippen LogP contribution in [0.15, 0.2) is 34.9 Å². The lowest BCUT2D eigenvalue weighted by Crippen LogP contribution is -2.26. The van der Waals surface area contributed by atoms with Crippen LogP contribution in [0.25, 0.3) is 10.9 Å². The first-order chi connectivity index (χ1) is 9.24. The van der Waals surface area contributed by atoms with E-state index in [0.717, 1.165) is 22.5 Å². The molecule has 0 amide bonds. The fourth-order valence-corrected chi connectivity index (χ4v) is 3.01. The molecule has 1 aliphatic rings. The molecule has 19 heavy (non-hydrogen) atoms. The standard InChI is InChI=1S/C16H19BrN2/c1-11(9-12-4-5-12)19-10-13-6-7-15(17)14-3-2-8-18-16(13)14/h2-3,6-8,11-12,19H,4-5,9-10H2,1H3. The molecule has 3 rings (SSSR count). The van der Waals surface area contributed by atoms with Crippen molar-refractivity contribution < 1.29 is 0 Å². The maximum Gasteiger partial charge on any atom is 0.0758 e. The maximum absolute atomic E-state index is 4.52. The van der Waals surface area contributed by atoms with Gasteiger partial charge in [0.25, 0.3) is 0 Å². The number of halogens is 1. The SMILES string of the molecule is CC(CC1CC1)NCc1ccc(Br)c2cccnc12. The van der Waals surface area contributed by atoms with Gasteiger partial charge in [-0.1, -0.05) is 40.9 Å². The molecule has 1 aliphatic carbocycles. The zero-order valence-corrected chi connectivity index (χ0v) is 12.8. The van der Waals surface area contributed by atoms with Gasteiger partial charge in [-0.15, -0.1) is 0 Å². The fraction of sp³-hybridized carbons (Fsp3) is 0.438. The third-order valence-corrected chi connectivity index (χ3v) is 4.52. The monoisotopic (exact) mass is 318 g/mol. The minimum absolute atomic E-state index is 0.593. The molecule has 1 fully saturated rings. The molecule has 100 valence electrons. The van der Waals surface area contributed by atoms with Gasteiger partial charge in [-0.25, -0.2) is 0 Å². The molecule has 3 heteroatoms. The van der Waals surface area contributed by atoms with Gasteiger partial charge in [-0.2, -0.15) is 0 Å². The predicted molar refractivity (Wildman–Crippen MR) is 83.1 cm³/mol. The van der Waals surface area contributed by atoms with Crippen molar-refractivity contribution in [3.63, 3.8) is 0 Å². The van der Waals surface area contributed by atoms with Gasteiger partial charge in [-0.05, 0) is 37.0 Å². The van der Waals surface area contributed by atoms with Gasteiger partial charge in [0.15, 0.2) is 0 Å². The minimum atomic E-state index is 0.593. The molecular weight excluding hydrogens is 300 g/mol. The average molecular weight is 319 g/mol. The van der Waals surface area contributed by atoms with E-state index in [1.807, 2.05) is 12.3 Å². The average Bonchev–Trinajstić information content (AvgIpc) is 3.22. The van der Waals surface area contributed by atoms with Gasteiger partial charge in [0, 0.05) is 28.6 Å². The first-order valence-corrected chi connectivity index (χ1v) is 7.79. The summed E-state index contributed by atoms with van der Waals surface area (Å²) in [4.78, 5) is 4.52. The largest absolute Gasteiger partial charge is 0.310 e. The number of pyridine rings is 1. The highest BCUT2D eigenvalue weighted by Gasteiger charge is 2.23. The molecule has 0 spiro atoms. The van der Waals surface area contributed by atoms with Crippen LogP contribution in [0.5, 0.6) is 0 Å². The first kappa shape index (κ1) is 13.1. The Bertz CT molecular complexity index is 578. The van der Waals surface area contributed by atoms with E-state index in [-0.39, 0.29) is 0 Å². The van der Waals surface area contributed by atoms with E-state index in [2.05, 4.69) is 51.4 Å². The van der Waals surface area contributed by atoms with Crippen molar-refractivity contribution in [2.75, 3.05) is 0 Å². The summed E-state index contributed by atoms with van der Waals surface area (Å²) in [5, 5.41) is 4.82. The molecule has 0 radical (unpaired) electrons. The molecule has 1 aromatic heterocycles. The van der Waals surface area contributed by atoms with E-state index >= 15 is 0 Å². The lowest BCUT2D eigenvalue weighted by atomic mass is 10.1. The third-order valence-electron chi connectivity index (χ3n) is 3.82. The van der Waals surface area contributed by atoms with E-state index in [4.69, 9.17) is 0 Å². The Balaban J connectivity index is 1.75. The van der Waals surface area contributed by atoms with Crippen LogP contribution in [0.3, 0.4) is 0 Å². The van der Waals surface area contributed by atoms with Crippen molar-refractivity contribution in [1.29, 1.82) is 0 Å². The van der Waals surface area contributed by atoms with E-state index in [9.17, 15) is 0 Å². The van der Waals surface area contributed by atoms with Crippen LogP contribution in [0, 0.1) is 5.92 Å². The Morgan fingerprint density at radius 1 is 1.37 bits per heavy atom. The number of benzene rings is 1. The van der Waals surface area contributed by atoms with Crippen LogP contribution in [-0.2, 0) is 6.54 Å². The number of rotatable bonds is 5. The molecule has 2 aromatic rings. The van der Waals surface area contributed by atoms with Crippen molar-refractivity contribution >= 4 is 26.8 Å². The predicted octanol–water partition coefficient (Wildman–Crippen LogP) is 4.28. The van der Waals surface area contributed by atoms with Crippen LogP contribution in [0.1, 0.15) is 31.7 Å². The van der Waals surface area contributed by atoms with E-state index in [1.54, 1.807) is 0 Å². The molecule has 1 heterocycles. The maximum atomic E-state index is 4.52. The highest BCUT2D eigenvalue weighted by atomic mass is 79.9. The molecule has 0 aliphatic heterocycles. The van der Waals surface area contributed by atoms with Crippen LogP contribution in [0.4, 0.5) is 0 Å². The Kier molecular flexibility index (Phi) is 3.85. The Morgan fingerprint density at radius 3 is 3.00 bits per heavy atom. The van der Waals surface area contributed by atoms with E-state index in [1.165, 1.54) is 30.2 Å². The van der Waals surface area contributed by atoms with Gasteiger partial charge in [0.05, 0.1) is 5.52 Å². The summed E-state index contributed by atoms with van der Waals surface area (Å²) >= 11 is 3.59. The van der Waals surface area contributed by atoms with Crippen molar-refractivity contribution in [2.24, 2.45) is 5.92 Å². The van der Waals surface area contributed by atoms with Crippen LogP contribution < -0.4 is 5.32 Å². The van der Waals surface area contributed by atoms with Gasteiger partial charge < -0.3 is 5.32 Å². The zero-order chi connectivity index (χ0) is 13.2. The highest BCUT2D eigenvalue weighted by Crippen LogP contribution is 2.33. The summed E-state index contributed by atoms with van der Waals surface area (Å²) in [6, 6.07) is 8.97. The van der Waals surface area contributed by atoms with Crippen LogP contribution >= 0.6 is 15.9 Å². The quantitative estimate of drug-likeness (QED) is 0.890. The number of fused-ring (bicyclic) bond motifs is 1. The first-order valence-electron chi connectivity index (χ1n) is 6.99. The Hall–Kier alpha value is -0.930. The number of nitrogens with one attached hydrogen (secondary N) is 1. The molecule has 1 aromatic carbocycles. The van der Waals surface area contributed by atoms with Crippen LogP contribution in [0.2, 0.25) is 0 Å². The second-order valence-corrected chi connectivity index (χ2v) is 6.42. The van der Waals surface area contributed by atoms with E-state index in [0.29, 0.717) is 6.04 Å². The molecule has 0 saturated heterocycles. The smallest absolute Gasteiger partial charge is 0.0758 e. The summed E-state index contributed by atoms with van der Waals surface area (Å²) < 4.78 is 1.12. The lowest BCUT2D eigenvalue weighted by molar-refractivity contribution is 0.488. The molecular formula is C16H19BrN2. The number of aromatic nitrogens is 1. The van der Waals surface area contributed by atoms with Crippen molar-refractivity contribution in [1.82, 2.24) is 10.3 Å². The summed E-state index contributed by atoms with van der Waals surface area (Å²) in [6.45, 7) is 3.18. The minimum Gasteiger partial charge on any atom is -0.310 e. The van der Waals surface area contributed by atoms with Gasteiger partial charge in [-0.3, -0.25) is 4.98 Å². The van der Waals surface area contributed by atoms with Gasteiger partial charge in [0.2, 0.25) is 0 Å². The molecule has 2 nitrogen and oxygen atoms in total. The lowest BCUT2D eigenvalue weighted by Gasteiger charge is -2.14. The Morgan fingerprint density at radius 2 is 2.21 bits per heavy atom. The summed E-state index contributed by atoms with van der Waals surface area (Å²) in [5.74, 6) is 0.974. The summed E-state index contributed by atoms with van der Waals surface area (Å²) in [5.41, 5.74) is 2.38. The van der Waals surface area contributed by atoms with Gasteiger partial charge in [0.1, 0.15) is 0 Å². The highest BCUT2D eigenvalue weighted by molar-refractivity contribution is 9.10. The van der Waals surface area contributed by atoms with Crippen molar-refractivity contribution in [3.05, 3.63) is 40.5 Å². The topological polar surface area (TPSA) is 24.9 Å².